The highest BCUT2D eigenvalue weighted by molar-refractivity contribution is 4.79. The molecule has 0 spiro atoms. The average molecular weight is 228 g/mol. The molecule has 0 saturated carbocycles. The van der Waals surface area contributed by atoms with Crippen LogP contribution >= 0.6 is 0 Å². The smallest absolute Gasteiger partial charge is 0.0431 e. The molecule has 1 fully saturated rings. The van der Waals surface area contributed by atoms with E-state index in [1.807, 2.05) is 0 Å². The van der Waals surface area contributed by atoms with Crippen LogP contribution in [0.4, 0.5) is 0 Å². The molecule has 3 heteroatoms. The number of nitrogens with zero attached hydrogens (tertiary/aromatic N) is 1. The van der Waals surface area contributed by atoms with Gasteiger partial charge in [-0.25, -0.2) is 0 Å². The van der Waals surface area contributed by atoms with Crippen molar-refractivity contribution in [1.82, 2.24) is 10.2 Å². The van der Waals surface area contributed by atoms with Gasteiger partial charge in [0.25, 0.3) is 0 Å². The van der Waals surface area contributed by atoms with Crippen LogP contribution in [0.15, 0.2) is 0 Å². The molecular weight excluding hydrogens is 200 g/mol. The largest absolute Gasteiger partial charge is 0.396 e. The maximum Gasteiger partial charge on any atom is 0.0431 e. The van der Waals surface area contributed by atoms with Crippen molar-refractivity contribution in [2.75, 3.05) is 26.2 Å². The fraction of sp³-hybridized carbons (Fsp3) is 1.00. The highest BCUT2D eigenvalue weighted by Crippen LogP contribution is 2.10. The van der Waals surface area contributed by atoms with Crippen molar-refractivity contribution in [2.24, 2.45) is 0 Å². The van der Waals surface area contributed by atoms with Crippen molar-refractivity contribution in [1.29, 1.82) is 0 Å². The Morgan fingerprint density at radius 1 is 1.31 bits per heavy atom. The highest BCUT2D eigenvalue weighted by Gasteiger charge is 2.18. The third-order valence-electron chi connectivity index (χ3n) is 3.45. The fourth-order valence-electron chi connectivity index (χ4n) is 2.36. The zero-order valence-corrected chi connectivity index (χ0v) is 10.9. The number of hydrogen-bond donors (Lipinski definition) is 2. The van der Waals surface area contributed by atoms with E-state index in [-0.39, 0.29) is 0 Å². The minimum atomic E-state index is 0.339. The Morgan fingerprint density at radius 2 is 2.12 bits per heavy atom. The van der Waals surface area contributed by atoms with Gasteiger partial charge in [-0.1, -0.05) is 0 Å². The molecule has 3 nitrogen and oxygen atoms in total. The quantitative estimate of drug-likeness (QED) is 0.620. The molecule has 1 heterocycles. The summed E-state index contributed by atoms with van der Waals surface area (Å²) in [6, 6.07) is 1.34. The van der Waals surface area contributed by atoms with Crippen LogP contribution in [-0.2, 0) is 0 Å². The molecule has 1 aliphatic rings. The lowest BCUT2D eigenvalue weighted by Crippen LogP contribution is -2.41. The molecule has 1 aliphatic heterocycles. The number of aliphatic hydroxyl groups excluding tert-OH is 1. The Labute approximate surface area is 100 Å². The summed E-state index contributed by atoms with van der Waals surface area (Å²) in [5, 5.41) is 12.3. The molecule has 1 atom stereocenters. The Morgan fingerprint density at radius 3 is 2.69 bits per heavy atom. The first kappa shape index (κ1) is 13.9. The molecule has 2 N–H and O–H groups in total. The fourth-order valence-corrected chi connectivity index (χ4v) is 2.36. The first-order chi connectivity index (χ1) is 7.74. The van der Waals surface area contributed by atoms with Gasteiger partial charge in [-0.05, 0) is 59.0 Å². The Hall–Kier alpha value is -0.120. The molecule has 0 aromatic heterocycles. The van der Waals surface area contributed by atoms with Gasteiger partial charge in [0.05, 0.1) is 0 Å². The minimum Gasteiger partial charge on any atom is -0.396 e. The van der Waals surface area contributed by atoms with Gasteiger partial charge in [-0.3, -0.25) is 4.90 Å². The zero-order chi connectivity index (χ0) is 11.8. The van der Waals surface area contributed by atoms with Gasteiger partial charge >= 0.3 is 0 Å². The van der Waals surface area contributed by atoms with Crippen molar-refractivity contribution in [2.45, 2.75) is 58.0 Å². The van der Waals surface area contributed by atoms with Crippen LogP contribution in [-0.4, -0.2) is 48.3 Å². The topological polar surface area (TPSA) is 35.5 Å². The molecule has 0 radical (unpaired) electrons. The van der Waals surface area contributed by atoms with Crippen LogP contribution in [0.5, 0.6) is 0 Å². The van der Waals surface area contributed by atoms with Gasteiger partial charge in [-0.2, -0.15) is 0 Å². The molecule has 0 amide bonds. The first-order valence-electron chi connectivity index (χ1n) is 6.82. The molecule has 96 valence electrons. The summed E-state index contributed by atoms with van der Waals surface area (Å²) >= 11 is 0. The van der Waals surface area contributed by atoms with E-state index in [1.165, 1.54) is 38.9 Å². The van der Waals surface area contributed by atoms with Crippen LogP contribution in [0.2, 0.25) is 0 Å². The van der Waals surface area contributed by atoms with E-state index in [0.717, 1.165) is 12.8 Å². The lowest BCUT2D eigenvalue weighted by molar-refractivity contribution is 0.195. The molecule has 16 heavy (non-hydrogen) atoms. The van der Waals surface area contributed by atoms with E-state index in [4.69, 9.17) is 5.11 Å². The molecule has 0 aromatic rings. The summed E-state index contributed by atoms with van der Waals surface area (Å²) in [6.07, 6.45) is 5.98. The summed E-state index contributed by atoms with van der Waals surface area (Å²) in [5.41, 5.74) is 0. The van der Waals surface area contributed by atoms with E-state index in [2.05, 4.69) is 24.1 Å². The number of nitrogens with one attached hydrogen (secondary N) is 1. The normalized spacial score (nSPS) is 21.2. The second-order valence-corrected chi connectivity index (χ2v) is 5.17. The van der Waals surface area contributed by atoms with Crippen molar-refractivity contribution < 1.29 is 5.11 Å². The van der Waals surface area contributed by atoms with Gasteiger partial charge < -0.3 is 10.4 Å². The highest BCUT2D eigenvalue weighted by atomic mass is 16.2. The molecule has 0 bridgehead atoms. The van der Waals surface area contributed by atoms with E-state index in [9.17, 15) is 0 Å². The second kappa shape index (κ2) is 8.04. The van der Waals surface area contributed by atoms with Gasteiger partial charge in [0, 0.05) is 25.2 Å². The average Bonchev–Trinajstić information content (AvgIpc) is 2.75. The van der Waals surface area contributed by atoms with Crippen molar-refractivity contribution in [3.05, 3.63) is 0 Å². The van der Waals surface area contributed by atoms with Crippen LogP contribution in [0, 0.1) is 0 Å². The van der Waals surface area contributed by atoms with E-state index in [0.29, 0.717) is 18.7 Å². The van der Waals surface area contributed by atoms with E-state index in [1.54, 1.807) is 0 Å². The molecule has 1 saturated heterocycles. The summed E-state index contributed by atoms with van der Waals surface area (Å²) < 4.78 is 0. The molecular formula is C13H28N2O. The predicted octanol–water partition coefficient (Wildman–Crippen LogP) is 1.61. The van der Waals surface area contributed by atoms with Crippen LogP contribution in [0.3, 0.4) is 0 Å². The van der Waals surface area contributed by atoms with Gasteiger partial charge in [0.15, 0.2) is 0 Å². The number of rotatable bonds is 8. The Bertz CT molecular complexity index is 167. The van der Waals surface area contributed by atoms with Crippen LogP contribution in [0.1, 0.15) is 46.0 Å². The molecule has 1 rings (SSSR count). The summed E-state index contributed by atoms with van der Waals surface area (Å²) in [6.45, 7) is 8.46. The molecule has 1 unspecified atom stereocenters. The lowest BCUT2D eigenvalue weighted by atomic mass is 10.1. The maximum atomic E-state index is 8.75. The summed E-state index contributed by atoms with van der Waals surface area (Å²) in [7, 11) is 0. The number of hydrogen-bond acceptors (Lipinski definition) is 3. The third kappa shape index (κ3) is 5.28. The second-order valence-electron chi connectivity index (χ2n) is 5.17. The number of aliphatic hydroxyl groups is 1. The predicted molar refractivity (Wildman–Crippen MR) is 68.7 cm³/mol. The maximum absolute atomic E-state index is 8.75. The molecule has 0 aliphatic carbocycles. The minimum absolute atomic E-state index is 0.339. The first-order valence-corrected chi connectivity index (χ1v) is 6.82. The SMILES string of the molecule is CC(C)N(CCCCCO)CC1CCCN1. The Balaban J connectivity index is 2.18. The summed E-state index contributed by atoms with van der Waals surface area (Å²) in [5.74, 6) is 0. The van der Waals surface area contributed by atoms with Gasteiger partial charge in [-0.15, -0.1) is 0 Å². The molecule has 0 aromatic carbocycles. The van der Waals surface area contributed by atoms with Gasteiger partial charge in [0.1, 0.15) is 0 Å². The lowest BCUT2D eigenvalue weighted by Gasteiger charge is -2.29. The van der Waals surface area contributed by atoms with Crippen molar-refractivity contribution in [3.8, 4) is 0 Å². The summed E-state index contributed by atoms with van der Waals surface area (Å²) in [4.78, 5) is 2.57. The third-order valence-corrected chi connectivity index (χ3v) is 3.45. The number of unbranched alkanes of at least 4 members (excludes halogenated alkanes) is 2. The van der Waals surface area contributed by atoms with E-state index >= 15 is 0 Å². The monoisotopic (exact) mass is 228 g/mol. The van der Waals surface area contributed by atoms with E-state index < -0.39 is 0 Å². The Kier molecular flexibility index (Phi) is 7.01. The van der Waals surface area contributed by atoms with Crippen molar-refractivity contribution >= 4 is 0 Å². The van der Waals surface area contributed by atoms with Crippen molar-refractivity contribution in [3.63, 3.8) is 0 Å². The van der Waals surface area contributed by atoms with Crippen LogP contribution in [0.25, 0.3) is 0 Å². The van der Waals surface area contributed by atoms with Crippen LogP contribution < -0.4 is 5.32 Å². The van der Waals surface area contributed by atoms with Gasteiger partial charge in [0.2, 0.25) is 0 Å². The zero-order valence-electron chi connectivity index (χ0n) is 10.9. The standard InChI is InChI=1S/C13H28N2O/c1-12(2)15(9-4-3-5-10-16)11-13-7-6-8-14-13/h12-14,16H,3-11H2,1-2H3.